The molecule has 2 N–H and O–H groups in total. The predicted molar refractivity (Wildman–Crippen MR) is 104 cm³/mol. The second kappa shape index (κ2) is 8.95. The van der Waals surface area contributed by atoms with Crippen LogP contribution in [0.25, 0.3) is 5.69 Å². The molecule has 0 spiro atoms. The van der Waals surface area contributed by atoms with E-state index in [1.165, 1.54) is 11.8 Å². The summed E-state index contributed by atoms with van der Waals surface area (Å²) in [6, 6.07) is 16.3. The molecule has 0 saturated heterocycles. The normalized spacial score (nSPS) is 10.4. The summed E-state index contributed by atoms with van der Waals surface area (Å²) in [6.07, 6.45) is 0. The van der Waals surface area contributed by atoms with Gasteiger partial charge < -0.3 is 10.6 Å². The Morgan fingerprint density at radius 1 is 1.07 bits per heavy atom. The van der Waals surface area contributed by atoms with Crippen molar-refractivity contribution in [2.24, 2.45) is 0 Å². The maximum atomic E-state index is 12.1. The first kappa shape index (κ1) is 18.6. The van der Waals surface area contributed by atoms with Crippen molar-refractivity contribution in [2.75, 3.05) is 18.1 Å². The minimum absolute atomic E-state index is 0.133. The van der Waals surface area contributed by atoms with Crippen LogP contribution in [0.5, 0.6) is 0 Å². The van der Waals surface area contributed by atoms with E-state index in [9.17, 15) is 9.59 Å². The molecule has 0 unspecified atom stereocenters. The molecule has 0 aliphatic heterocycles. The third-order valence-corrected chi connectivity index (χ3v) is 4.59. The molecule has 9 heteroatoms. The zero-order valence-corrected chi connectivity index (χ0v) is 15.4. The van der Waals surface area contributed by atoms with E-state index in [1.807, 2.05) is 30.3 Å². The van der Waals surface area contributed by atoms with Gasteiger partial charge in [0, 0.05) is 18.3 Å². The smallest absolute Gasteiger partial charge is 0.251 e. The molecule has 3 aromatic rings. The molecule has 138 valence electrons. The van der Waals surface area contributed by atoms with Gasteiger partial charge in [0.15, 0.2) is 5.82 Å². The van der Waals surface area contributed by atoms with Gasteiger partial charge in [-0.2, -0.15) is 4.68 Å². The number of carbonyl (C=O) groups is 2. The number of tetrazole rings is 1. The van der Waals surface area contributed by atoms with Crippen molar-refractivity contribution in [3.8, 4) is 5.69 Å². The molecule has 0 bridgehead atoms. The number of aromatic nitrogens is 4. The summed E-state index contributed by atoms with van der Waals surface area (Å²) in [6.45, 7) is 0. The molecule has 3 rings (SSSR count). The summed E-state index contributed by atoms with van der Waals surface area (Å²) in [5.74, 6) is 1.14. The quantitative estimate of drug-likeness (QED) is 0.647. The number of nitrogens with zero attached hydrogens (tertiary/aromatic N) is 4. The van der Waals surface area contributed by atoms with Gasteiger partial charge in [0.25, 0.3) is 5.91 Å². The van der Waals surface area contributed by atoms with Crippen molar-refractivity contribution in [1.29, 1.82) is 0 Å². The maximum Gasteiger partial charge on any atom is 0.251 e. The zero-order valence-electron chi connectivity index (χ0n) is 14.6. The van der Waals surface area contributed by atoms with Crippen LogP contribution >= 0.6 is 11.8 Å². The number of para-hydroxylation sites is 1. The highest BCUT2D eigenvalue weighted by Crippen LogP contribution is 2.15. The lowest BCUT2D eigenvalue weighted by molar-refractivity contribution is -0.113. The number of nitrogens with one attached hydrogen (secondary N) is 2. The molecular weight excluding hydrogens is 364 g/mol. The van der Waals surface area contributed by atoms with Crippen molar-refractivity contribution >= 4 is 29.3 Å². The van der Waals surface area contributed by atoms with E-state index in [0.29, 0.717) is 22.8 Å². The van der Waals surface area contributed by atoms with Gasteiger partial charge in [-0.05, 0) is 46.8 Å². The van der Waals surface area contributed by atoms with E-state index in [4.69, 9.17) is 0 Å². The van der Waals surface area contributed by atoms with Crippen LogP contribution in [0, 0.1) is 0 Å². The fourth-order valence-electron chi connectivity index (χ4n) is 2.35. The van der Waals surface area contributed by atoms with Gasteiger partial charge in [0.2, 0.25) is 5.91 Å². The highest BCUT2D eigenvalue weighted by atomic mass is 32.2. The molecule has 0 aliphatic carbocycles. The van der Waals surface area contributed by atoms with Gasteiger partial charge >= 0.3 is 0 Å². The monoisotopic (exact) mass is 382 g/mol. The van der Waals surface area contributed by atoms with Gasteiger partial charge in [-0.15, -0.1) is 16.9 Å². The van der Waals surface area contributed by atoms with Gasteiger partial charge in [0.1, 0.15) is 0 Å². The summed E-state index contributed by atoms with van der Waals surface area (Å²) < 4.78 is 1.66. The van der Waals surface area contributed by atoms with Crippen LogP contribution < -0.4 is 10.6 Å². The molecule has 0 atom stereocenters. The van der Waals surface area contributed by atoms with E-state index in [-0.39, 0.29) is 17.6 Å². The van der Waals surface area contributed by atoms with E-state index in [1.54, 1.807) is 36.0 Å². The maximum absolute atomic E-state index is 12.1. The van der Waals surface area contributed by atoms with Gasteiger partial charge in [0.05, 0.1) is 17.2 Å². The Morgan fingerprint density at radius 3 is 2.52 bits per heavy atom. The first-order chi connectivity index (χ1) is 13.2. The van der Waals surface area contributed by atoms with Crippen molar-refractivity contribution in [1.82, 2.24) is 25.5 Å². The molecule has 2 aromatic carbocycles. The summed E-state index contributed by atoms with van der Waals surface area (Å²) >= 11 is 1.42. The number of benzene rings is 2. The number of rotatable bonds is 7. The lowest BCUT2D eigenvalue weighted by Gasteiger charge is -2.07. The minimum atomic E-state index is -0.167. The average molecular weight is 382 g/mol. The summed E-state index contributed by atoms with van der Waals surface area (Å²) in [7, 11) is 1.57. The van der Waals surface area contributed by atoms with Crippen molar-refractivity contribution in [3.05, 3.63) is 66.0 Å². The van der Waals surface area contributed by atoms with Crippen LogP contribution in [0.4, 0.5) is 5.69 Å². The molecule has 1 heterocycles. The largest absolute Gasteiger partial charge is 0.355 e. The number of hydrogen-bond donors (Lipinski definition) is 2. The van der Waals surface area contributed by atoms with Crippen molar-refractivity contribution in [2.45, 2.75) is 5.75 Å². The molecule has 2 amide bonds. The molecule has 1 aromatic heterocycles. The first-order valence-electron chi connectivity index (χ1n) is 8.20. The highest BCUT2D eigenvalue weighted by Gasteiger charge is 2.10. The van der Waals surface area contributed by atoms with Crippen LogP contribution in [-0.4, -0.2) is 44.8 Å². The number of amides is 2. The molecule has 0 saturated carbocycles. The predicted octanol–water partition coefficient (Wildman–Crippen LogP) is 1.89. The third kappa shape index (κ3) is 4.91. The highest BCUT2D eigenvalue weighted by molar-refractivity contribution is 7.99. The Hall–Kier alpha value is -3.20. The number of carbonyl (C=O) groups excluding carboxylic acids is 2. The van der Waals surface area contributed by atoms with E-state index in [2.05, 4.69) is 26.2 Å². The minimum Gasteiger partial charge on any atom is -0.355 e. The molecule has 0 aliphatic rings. The fourth-order valence-corrected chi connectivity index (χ4v) is 3.07. The van der Waals surface area contributed by atoms with Crippen LogP contribution in [0.3, 0.4) is 0 Å². The van der Waals surface area contributed by atoms with E-state index in [0.717, 1.165) is 5.69 Å². The Labute approximate surface area is 160 Å². The van der Waals surface area contributed by atoms with Crippen LogP contribution in [-0.2, 0) is 10.5 Å². The lowest BCUT2D eigenvalue weighted by atomic mass is 10.2. The van der Waals surface area contributed by atoms with Crippen LogP contribution in [0.2, 0.25) is 0 Å². The molecule has 8 nitrogen and oxygen atoms in total. The SMILES string of the molecule is CNC(=O)c1ccc(NC(=O)CSCc2nnnn2-c2ccccc2)cc1. The Kier molecular flexibility index (Phi) is 6.16. The Balaban J connectivity index is 1.51. The molecular formula is C18H18N6O2S. The Morgan fingerprint density at radius 2 is 1.81 bits per heavy atom. The first-order valence-corrected chi connectivity index (χ1v) is 9.35. The van der Waals surface area contributed by atoms with Crippen LogP contribution in [0.15, 0.2) is 54.6 Å². The topological polar surface area (TPSA) is 102 Å². The van der Waals surface area contributed by atoms with Gasteiger partial charge in [-0.1, -0.05) is 18.2 Å². The van der Waals surface area contributed by atoms with Crippen molar-refractivity contribution < 1.29 is 9.59 Å². The molecule has 0 fully saturated rings. The zero-order chi connectivity index (χ0) is 19.1. The average Bonchev–Trinajstić information content (AvgIpc) is 3.17. The van der Waals surface area contributed by atoms with E-state index >= 15 is 0 Å². The summed E-state index contributed by atoms with van der Waals surface area (Å²) in [5.41, 5.74) is 2.05. The van der Waals surface area contributed by atoms with Crippen LogP contribution in [0.1, 0.15) is 16.2 Å². The van der Waals surface area contributed by atoms with E-state index < -0.39 is 0 Å². The Bertz CT molecular complexity index is 911. The number of hydrogen-bond acceptors (Lipinski definition) is 6. The number of thioether (sulfide) groups is 1. The van der Waals surface area contributed by atoms with Gasteiger partial charge in [-0.25, -0.2) is 0 Å². The fraction of sp³-hybridized carbons (Fsp3) is 0.167. The van der Waals surface area contributed by atoms with Gasteiger partial charge in [-0.3, -0.25) is 9.59 Å². The lowest BCUT2D eigenvalue weighted by Crippen LogP contribution is -2.18. The van der Waals surface area contributed by atoms with Crippen molar-refractivity contribution in [3.63, 3.8) is 0 Å². The second-order valence-corrected chi connectivity index (χ2v) is 6.53. The second-order valence-electron chi connectivity index (χ2n) is 5.54. The number of anilines is 1. The summed E-state index contributed by atoms with van der Waals surface area (Å²) in [4.78, 5) is 23.6. The summed E-state index contributed by atoms with van der Waals surface area (Å²) in [5, 5.41) is 17.1. The third-order valence-electron chi connectivity index (χ3n) is 3.66. The standard InChI is InChI=1S/C18H18N6O2S/c1-19-18(26)13-7-9-14(10-8-13)20-17(25)12-27-11-16-21-22-23-24(16)15-5-3-2-4-6-15/h2-10H,11-12H2,1H3,(H,19,26)(H,20,25). The molecule has 27 heavy (non-hydrogen) atoms. The molecule has 0 radical (unpaired) electrons.